The van der Waals surface area contributed by atoms with E-state index < -0.39 is 24.0 Å². The first-order valence-corrected chi connectivity index (χ1v) is 10.3. The third-order valence-corrected chi connectivity index (χ3v) is 5.75. The van der Waals surface area contributed by atoms with Crippen molar-refractivity contribution in [3.8, 4) is 16.9 Å². The Morgan fingerprint density at radius 2 is 1.47 bits per heavy atom. The van der Waals surface area contributed by atoms with Crippen LogP contribution >= 0.6 is 0 Å². The summed E-state index contributed by atoms with van der Waals surface area (Å²) in [6, 6.07) is 21.7. The molecule has 0 saturated carbocycles. The van der Waals surface area contributed by atoms with Gasteiger partial charge in [-0.05, 0) is 59.4 Å². The summed E-state index contributed by atoms with van der Waals surface area (Å²) >= 11 is 0. The molecule has 0 radical (unpaired) electrons. The minimum Gasteiger partial charge on any atom is -0.494 e. The molecule has 3 aromatic carbocycles. The highest BCUT2D eigenvalue weighted by molar-refractivity contribution is 6.00. The van der Waals surface area contributed by atoms with Gasteiger partial charge in [-0.15, -0.1) is 0 Å². The first-order chi connectivity index (χ1) is 15.3. The number of amides is 1. The standard InChI is InChI=1S/C25H23F3N2O2/c26-25(27,28)16-30-23(31)24(14-5-15-32-18-12-10-17(29)11-13-18)21-8-3-1-6-19(21)20-7-2-4-9-22(20)24/h1-4,6-13H,5,14-16,29H2,(H,30,31). The average Bonchev–Trinajstić information content (AvgIpc) is 3.07. The third kappa shape index (κ3) is 4.15. The van der Waals surface area contributed by atoms with Crippen molar-refractivity contribution >= 4 is 11.6 Å². The zero-order valence-corrected chi connectivity index (χ0v) is 17.3. The number of carbonyl (C=O) groups excluding carboxylic acids is 1. The lowest BCUT2D eigenvalue weighted by Crippen LogP contribution is -2.47. The summed E-state index contributed by atoms with van der Waals surface area (Å²) in [5.41, 5.74) is 8.25. The highest BCUT2D eigenvalue weighted by atomic mass is 19.4. The summed E-state index contributed by atoms with van der Waals surface area (Å²) in [4.78, 5) is 13.4. The summed E-state index contributed by atoms with van der Waals surface area (Å²) in [5.74, 6) is -0.0123. The Labute approximate surface area is 184 Å². The number of alkyl halides is 3. The van der Waals surface area contributed by atoms with E-state index in [4.69, 9.17) is 10.5 Å². The van der Waals surface area contributed by atoms with Crippen LogP contribution in [0.5, 0.6) is 5.75 Å². The summed E-state index contributed by atoms with van der Waals surface area (Å²) < 4.78 is 44.5. The predicted molar refractivity (Wildman–Crippen MR) is 117 cm³/mol. The summed E-state index contributed by atoms with van der Waals surface area (Å²) in [6.07, 6.45) is -3.72. The van der Waals surface area contributed by atoms with Crippen molar-refractivity contribution in [2.75, 3.05) is 18.9 Å². The maximum atomic E-state index is 13.4. The molecule has 0 aliphatic heterocycles. The Balaban J connectivity index is 1.63. The number of halogens is 3. The Morgan fingerprint density at radius 1 is 0.906 bits per heavy atom. The third-order valence-electron chi connectivity index (χ3n) is 5.75. The lowest BCUT2D eigenvalue weighted by Gasteiger charge is -2.31. The van der Waals surface area contributed by atoms with E-state index in [1.165, 1.54) is 0 Å². The SMILES string of the molecule is Nc1ccc(OCCCC2(C(=O)NCC(F)(F)F)c3ccccc3-c3ccccc32)cc1. The number of nitrogen functional groups attached to an aromatic ring is 1. The maximum absolute atomic E-state index is 13.4. The molecule has 4 rings (SSSR count). The lowest BCUT2D eigenvalue weighted by atomic mass is 9.73. The fraction of sp³-hybridized carbons (Fsp3) is 0.240. The molecule has 1 aliphatic carbocycles. The molecule has 0 fully saturated rings. The van der Waals surface area contributed by atoms with Gasteiger partial charge in [0, 0.05) is 5.69 Å². The van der Waals surface area contributed by atoms with Crippen LogP contribution in [0, 0.1) is 0 Å². The van der Waals surface area contributed by atoms with Crippen LogP contribution in [0.25, 0.3) is 11.1 Å². The molecule has 1 amide bonds. The number of rotatable bonds is 7. The number of nitrogens with one attached hydrogen (secondary N) is 1. The molecule has 0 unspecified atom stereocenters. The second-order valence-corrected chi connectivity index (χ2v) is 7.82. The normalized spacial score (nSPS) is 13.8. The van der Waals surface area contributed by atoms with Crippen molar-refractivity contribution in [2.45, 2.75) is 24.4 Å². The van der Waals surface area contributed by atoms with Gasteiger partial charge in [0.25, 0.3) is 0 Å². The molecular weight excluding hydrogens is 417 g/mol. The largest absolute Gasteiger partial charge is 0.494 e. The Hall–Kier alpha value is -3.48. The van der Waals surface area contributed by atoms with Crippen molar-refractivity contribution in [3.05, 3.63) is 83.9 Å². The van der Waals surface area contributed by atoms with Crippen molar-refractivity contribution in [1.82, 2.24) is 5.32 Å². The van der Waals surface area contributed by atoms with Crippen LogP contribution < -0.4 is 15.8 Å². The highest BCUT2D eigenvalue weighted by Crippen LogP contribution is 2.51. The highest BCUT2D eigenvalue weighted by Gasteiger charge is 2.49. The lowest BCUT2D eigenvalue weighted by molar-refractivity contribution is -0.141. The summed E-state index contributed by atoms with van der Waals surface area (Å²) in [7, 11) is 0. The molecule has 3 aromatic rings. The molecule has 0 spiro atoms. The number of hydrogen-bond acceptors (Lipinski definition) is 3. The zero-order chi connectivity index (χ0) is 22.8. The summed E-state index contributed by atoms with van der Waals surface area (Å²) in [5, 5.41) is 2.13. The molecule has 1 aliphatic rings. The molecule has 0 atom stereocenters. The van der Waals surface area contributed by atoms with E-state index in [0.717, 1.165) is 11.1 Å². The monoisotopic (exact) mass is 440 g/mol. The van der Waals surface area contributed by atoms with E-state index in [0.29, 0.717) is 42.0 Å². The Bertz CT molecular complexity index is 1070. The Kier molecular flexibility index (Phi) is 5.82. The molecule has 0 saturated heterocycles. The van der Waals surface area contributed by atoms with E-state index in [-0.39, 0.29) is 0 Å². The van der Waals surface area contributed by atoms with Crippen LogP contribution in [-0.2, 0) is 10.2 Å². The van der Waals surface area contributed by atoms with Gasteiger partial charge in [0.2, 0.25) is 5.91 Å². The molecule has 32 heavy (non-hydrogen) atoms. The van der Waals surface area contributed by atoms with Crippen LogP contribution in [0.1, 0.15) is 24.0 Å². The number of hydrogen-bond donors (Lipinski definition) is 2. The minimum absolute atomic E-state index is 0.305. The predicted octanol–water partition coefficient (Wildman–Crippen LogP) is 5.07. The van der Waals surface area contributed by atoms with Crippen molar-refractivity contribution in [2.24, 2.45) is 0 Å². The molecule has 0 bridgehead atoms. The van der Waals surface area contributed by atoms with E-state index in [1.54, 1.807) is 36.4 Å². The van der Waals surface area contributed by atoms with Crippen molar-refractivity contribution in [1.29, 1.82) is 0 Å². The molecule has 166 valence electrons. The summed E-state index contributed by atoms with van der Waals surface area (Å²) in [6.45, 7) is -1.07. The van der Waals surface area contributed by atoms with Gasteiger partial charge in [-0.3, -0.25) is 4.79 Å². The van der Waals surface area contributed by atoms with Gasteiger partial charge >= 0.3 is 6.18 Å². The minimum atomic E-state index is -4.49. The maximum Gasteiger partial charge on any atom is 0.405 e. The number of anilines is 1. The molecule has 4 nitrogen and oxygen atoms in total. The van der Waals surface area contributed by atoms with Gasteiger partial charge in [-0.2, -0.15) is 13.2 Å². The van der Waals surface area contributed by atoms with Crippen molar-refractivity contribution < 1.29 is 22.7 Å². The van der Waals surface area contributed by atoms with Crippen LogP contribution in [0.2, 0.25) is 0 Å². The average molecular weight is 440 g/mol. The van der Waals surface area contributed by atoms with Gasteiger partial charge in [0.1, 0.15) is 17.7 Å². The van der Waals surface area contributed by atoms with Gasteiger partial charge in [-0.25, -0.2) is 0 Å². The quantitative estimate of drug-likeness (QED) is 0.398. The number of fused-ring (bicyclic) bond motifs is 3. The number of ether oxygens (including phenoxy) is 1. The van der Waals surface area contributed by atoms with E-state index >= 15 is 0 Å². The van der Waals surface area contributed by atoms with Gasteiger partial charge < -0.3 is 15.8 Å². The Morgan fingerprint density at radius 3 is 2.03 bits per heavy atom. The van der Waals surface area contributed by atoms with Crippen LogP contribution in [-0.4, -0.2) is 25.2 Å². The number of nitrogens with two attached hydrogens (primary N) is 1. The first-order valence-electron chi connectivity index (χ1n) is 10.3. The smallest absolute Gasteiger partial charge is 0.405 e. The first kappa shape index (κ1) is 21.7. The van der Waals surface area contributed by atoms with Crippen LogP contribution in [0.15, 0.2) is 72.8 Å². The van der Waals surface area contributed by atoms with E-state index in [9.17, 15) is 18.0 Å². The number of benzene rings is 3. The van der Waals surface area contributed by atoms with Gasteiger partial charge in [0.05, 0.1) is 6.61 Å². The van der Waals surface area contributed by atoms with Crippen LogP contribution in [0.3, 0.4) is 0 Å². The second-order valence-electron chi connectivity index (χ2n) is 7.82. The van der Waals surface area contributed by atoms with Crippen molar-refractivity contribution in [3.63, 3.8) is 0 Å². The molecule has 7 heteroatoms. The zero-order valence-electron chi connectivity index (χ0n) is 17.3. The fourth-order valence-corrected chi connectivity index (χ4v) is 4.38. The van der Waals surface area contributed by atoms with Gasteiger partial charge in [0.15, 0.2) is 0 Å². The van der Waals surface area contributed by atoms with Crippen LogP contribution in [0.4, 0.5) is 18.9 Å². The second kappa shape index (κ2) is 8.57. The van der Waals surface area contributed by atoms with Gasteiger partial charge in [-0.1, -0.05) is 48.5 Å². The molecule has 3 N–H and O–H groups in total. The molecule has 0 aromatic heterocycles. The fourth-order valence-electron chi connectivity index (χ4n) is 4.38. The molecule has 0 heterocycles. The number of carbonyl (C=O) groups is 1. The molecular formula is C25H23F3N2O2. The topological polar surface area (TPSA) is 64.3 Å². The van der Waals surface area contributed by atoms with E-state index in [1.807, 2.05) is 36.4 Å². The van der Waals surface area contributed by atoms with E-state index in [2.05, 4.69) is 5.32 Å².